The Kier molecular flexibility index (Phi) is 6.97. The molecule has 164 valence electrons. The van der Waals surface area contributed by atoms with E-state index in [1.165, 1.54) is 15.8 Å². The van der Waals surface area contributed by atoms with Crippen molar-refractivity contribution in [2.24, 2.45) is 0 Å². The lowest BCUT2D eigenvalue weighted by atomic mass is 10.1. The Morgan fingerprint density at radius 1 is 1.12 bits per heavy atom. The van der Waals surface area contributed by atoms with Crippen LogP contribution in [0.5, 0.6) is 0 Å². The van der Waals surface area contributed by atoms with E-state index in [-0.39, 0.29) is 30.1 Å². The van der Waals surface area contributed by atoms with Crippen LogP contribution in [0.15, 0.2) is 59.6 Å². The Labute approximate surface area is 195 Å². The van der Waals surface area contributed by atoms with Crippen LogP contribution in [0.2, 0.25) is 5.02 Å². The molecule has 0 spiro atoms. The van der Waals surface area contributed by atoms with Gasteiger partial charge in [0.1, 0.15) is 0 Å². The second-order valence-electron chi connectivity index (χ2n) is 7.45. The quantitative estimate of drug-likeness (QED) is 0.457. The van der Waals surface area contributed by atoms with E-state index in [9.17, 15) is 14.4 Å². The standard InChI is InChI=1S/C24H22ClN3O3S/c25-18-10-8-16(9-11-18)14-21-23(30)28(24(31)32-21)13-12-26-22(29)7-3-4-17-15-27-20-6-2-1-5-19(17)20/h1-2,5-6,8-11,14-15,27H,3-4,7,12-13H2,(H,26,29). The fraction of sp³-hybridized carbons (Fsp3) is 0.208. The highest BCUT2D eigenvalue weighted by Crippen LogP contribution is 2.32. The molecule has 1 aliphatic heterocycles. The number of carbonyl (C=O) groups excluding carboxylic acids is 3. The summed E-state index contributed by atoms with van der Waals surface area (Å²) < 4.78 is 0. The summed E-state index contributed by atoms with van der Waals surface area (Å²) in [5.74, 6) is -0.433. The summed E-state index contributed by atoms with van der Waals surface area (Å²) in [6.45, 7) is 0.384. The molecular weight excluding hydrogens is 446 g/mol. The van der Waals surface area contributed by atoms with Crippen molar-refractivity contribution < 1.29 is 14.4 Å². The molecule has 2 heterocycles. The van der Waals surface area contributed by atoms with Gasteiger partial charge in [-0.15, -0.1) is 0 Å². The van der Waals surface area contributed by atoms with Gasteiger partial charge in [0, 0.05) is 41.6 Å². The van der Waals surface area contributed by atoms with Gasteiger partial charge in [-0.1, -0.05) is 41.9 Å². The van der Waals surface area contributed by atoms with Crippen LogP contribution in [0.3, 0.4) is 0 Å². The van der Waals surface area contributed by atoms with Gasteiger partial charge in [0.15, 0.2) is 0 Å². The second-order valence-corrected chi connectivity index (χ2v) is 8.88. The third-order valence-corrected chi connectivity index (χ3v) is 6.38. The van der Waals surface area contributed by atoms with Crippen LogP contribution in [0, 0.1) is 0 Å². The van der Waals surface area contributed by atoms with Gasteiger partial charge in [-0.05, 0) is 60.0 Å². The molecule has 1 saturated heterocycles. The number of aromatic nitrogens is 1. The summed E-state index contributed by atoms with van der Waals surface area (Å²) in [4.78, 5) is 41.7. The largest absolute Gasteiger partial charge is 0.361 e. The number of hydrogen-bond donors (Lipinski definition) is 2. The molecule has 1 aliphatic rings. The number of aromatic amines is 1. The number of para-hydroxylation sites is 1. The maximum atomic E-state index is 12.5. The first-order valence-electron chi connectivity index (χ1n) is 10.3. The molecule has 0 unspecified atom stereocenters. The third-order valence-electron chi connectivity index (χ3n) is 5.22. The van der Waals surface area contributed by atoms with Gasteiger partial charge in [-0.3, -0.25) is 19.3 Å². The Balaban J connectivity index is 1.22. The molecule has 4 rings (SSSR count). The molecule has 3 aromatic rings. The van der Waals surface area contributed by atoms with Gasteiger partial charge < -0.3 is 10.3 Å². The van der Waals surface area contributed by atoms with Crippen molar-refractivity contribution in [3.8, 4) is 0 Å². The van der Waals surface area contributed by atoms with E-state index in [0.29, 0.717) is 16.3 Å². The zero-order valence-electron chi connectivity index (χ0n) is 17.3. The molecule has 2 N–H and O–H groups in total. The van der Waals surface area contributed by atoms with E-state index in [0.717, 1.165) is 35.7 Å². The normalized spacial score (nSPS) is 15.2. The zero-order chi connectivity index (χ0) is 22.5. The van der Waals surface area contributed by atoms with Crippen molar-refractivity contribution in [2.75, 3.05) is 13.1 Å². The van der Waals surface area contributed by atoms with Gasteiger partial charge >= 0.3 is 0 Å². The van der Waals surface area contributed by atoms with Crippen molar-refractivity contribution in [3.05, 3.63) is 75.8 Å². The van der Waals surface area contributed by atoms with Gasteiger partial charge in [-0.2, -0.15) is 0 Å². The van der Waals surface area contributed by atoms with Crippen LogP contribution >= 0.6 is 23.4 Å². The number of carbonyl (C=O) groups is 3. The summed E-state index contributed by atoms with van der Waals surface area (Å²) >= 11 is 6.78. The van der Waals surface area contributed by atoms with Crippen molar-refractivity contribution in [1.82, 2.24) is 15.2 Å². The maximum Gasteiger partial charge on any atom is 0.293 e. The molecule has 2 aromatic carbocycles. The van der Waals surface area contributed by atoms with Crippen molar-refractivity contribution in [2.45, 2.75) is 19.3 Å². The van der Waals surface area contributed by atoms with Gasteiger partial charge in [0.25, 0.3) is 11.1 Å². The Bertz CT molecular complexity index is 1190. The Hall–Kier alpha value is -3.03. The first-order chi connectivity index (χ1) is 15.5. The van der Waals surface area contributed by atoms with Gasteiger partial charge in [0.05, 0.1) is 4.91 Å². The number of imide groups is 1. The summed E-state index contributed by atoms with van der Waals surface area (Å²) in [6.07, 6.45) is 5.57. The molecule has 32 heavy (non-hydrogen) atoms. The average Bonchev–Trinajstić information content (AvgIpc) is 3.31. The summed E-state index contributed by atoms with van der Waals surface area (Å²) in [6, 6.07) is 15.1. The van der Waals surface area contributed by atoms with Gasteiger partial charge in [-0.25, -0.2) is 0 Å². The van der Waals surface area contributed by atoms with Crippen LogP contribution in [0.1, 0.15) is 24.0 Å². The number of halogens is 1. The zero-order valence-corrected chi connectivity index (χ0v) is 18.8. The van der Waals surface area contributed by atoms with Crippen molar-refractivity contribution >= 4 is 57.4 Å². The molecule has 0 radical (unpaired) electrons. The van der Waals surface area contributed by atoms with Crippen LogP contribution in [-0.2, 0) is 16.0 Å². The number of amides is 3. The van der Waals surface area contributed by atoms with E-state index in [4.69, 9.17) is 11.6 Å². The Morgan fingerprint density at radius 3 is 2.72 bits per heavy atom. The molecule has 1 fully saturated rings. The minimum atomic E-state index is -0.344. The predicted molar refractivity (Wildman–Crippen MR) is 128 cm³/mol. The number of hydrogen-bond acceptors (Lipinski definition) is 4. The van der Waals surface area contributed by atoms with E-state index in [1.807, 2.05) is 24.4 Å². The van der Waals surface area contributed by atoms with Crippen LogP contribution in [-0.4, -0.2) is 40.0 Å². The smallest absolute Gasteiger partial charge is 0.293 e. The van der Waals surface area contributed by atoms with E-state index >= 15 is 0 Å². The fourth-order valence-electron chi connectivity index (χ4n) is 3.58. The number of rotatable bonds is 8. The molecule has 0 saturated carbocycles. The summed E-state index contributed by atoms with van der Waals surface area (Å²) in [5, 5.41) is 4.26. The van der Waals surface area contributed by atoms with Crippen molar-refractivity contribution in [1.29, 1.82) is 0 Å². The Morgan fingerprint density at radius 2 is 1.91 bits per heavy atom. The SMILES string of the molecule is O=C(CCCc1c[nH]c2ccccc12)NCCN1C(=O)SC(=Cc2ccc(Cl)cc2)C1=O. The highest BCUT2D eigenvalue weighted by molar-refractivity contribution is 8.18. The molecule has 1 aromatic heterocycles. The van der Waals surface area contributed by atoms with E-state index in [1.54, 1.807) is 30.3 Å². The van der Waals surface area contributed by atoms with Crippen LogP contribution in [0.4, 0.5) is 4.79 Å². The number of fused-ring (bicyclic) bond motifs is 1. The molecule has 6 nitrogen and oxygen atoms in total. The first kappa shape index (κ1) is 22.2. The minimum Gasteiger partial charge on any atom is -0.361 e. The summed E-state index contributed by atoms with van der Waals surface area (Å²) in [7, 11) is 0. The summed E-state index contributed by atoms with van der Waals surface area (Å²) in [5.41, 5.74) is 3.08. The highest BCUT2D eigenvalue weighted by Gasteiger charge is 2.34. The number of thioether (sulfide) groups is 1. The number of nitrogens with one attached hydrogen (secondary N) is 2. The monoisotopic (exact) mass is 467 g/mol. The first-order valence-corrected chi connectivity index (χ1v) is 11.5. The maximum absolute atomic E-state index is 12.5. The van der Waals surface area contributed by atoms with E-state index in [2.05, 4.69) is 16.4 Å². The number of H-pyrrole nitrogens is 1. The predicted octanol–water partition coefficient (Wildman–Crippen LogP) is 5.00. The van der Waals surface area contributed by atoms with Gasteiger partial charge in [0.2, 0.25) is 5.91 Å². The molecule has 3 amide bonds. The second kappa shape index (κ2) is 10.1. The fourth-order valence-corrected chi connectivity index (χ4v) is 4.57. The lowest BCUT2D eigenvalue weighted by Gasteiger charge is -2.13. The van der Waals surface area contributed by atoms with Crippen LogP contribution in [0.25, 0.3) is 17.0 Å². The number of benzene rings is 2. The lowest BCUT2D eigenvalue weighted by Crippen LogP contribution is -2.37. The number of aryl methyl sites for hydroxylation is 1. The highest BCUT2D eigenvalue weighted by atomic mass is 35.5. The third kappa shape index (κ3) is 5.23. The average molecular weight is 468 g/mol. The van der Waals surface area contributed by atoms with Crippen LogP contribution < -0.4 is 5.32 Å². The lowest BCUT2D eigenvalue weighted by molar-refractivity contribution is -0.124. The molecule has 0 bridgehead atoms. The molecular formula is C24H22ClN3O3S. The molecule has 0 aliphatic carbocycles. The molecule has 0 atom stereocenters. The number of nitrogens with zero attached hydrogens (tertiary/aromatic N) is 1. The molecule has 8 heteroatoms. The van der Waals surface area contributed by atoms with Crippen molar-refractivity contribution in [3.63, 3.8) is 0 Å². The minimum absolute atomic E-state index is 0.0893. The topological polar surface area (TPSA) is 82.3 Å². The van der Waals surface area contributed by atoms with E-state index < -0.39 is 0 Å².